The number of aliphatic hydroxyl groups excluding tert-OH is 1. The molecule has 7 nitrogen and oxygen atoms in total. The van der Waals surface area contributed by atoms with Crippen LogP contribution in [0.2, 0.25) is 0 Å². The van der Waals surface area contributed by atoms with Crippen LogP contribution in [0, 0.1) is 17.8 Å². The van der Waals surface area contributed by atoms with E-state index in [1.54, 1.807) is 14.0 Å². The van der Waals surface area contributed by atoms with Gasteiger partial charge in [0.1, 0.15) is 5.76 Å². The van der Waals surface area contributed by atoms with E-state index in [0.717, 1.165) is 32.2 Å². The third kappa shape index (κ3) is 1.89. The van der Waals surface area contributed by atoms with Crippen LogP contribution in [0.25, 0.3) is 0 Å². The number of esters is 1. The number of aliphatic hydroxyl groups is 1. The first kappa shape index (κ1) is 18.2. The Hall–Kier alpha value is -1.57. The second kappa shape index (κ2) is 5.56. The molecule has 29 heavy (non-hydrogen) atoms. The van der Waals surface area contributed by atoms with Crippen molar-refractivity contribution in [2.24, 2.45) is 17.8 Å². The van der Waals surface area contributed by atoms with E-state index in [9.17, 15) is 9.90 Å². The number of hydrogen-bond donors (Lipinski definition) is 1. The predicted molar refractivity (Wildman–Crippen MR) is 101 cm³/mol. The first-order chi connectivity index (χ1) is 13.8. The molecule has 0 aromatic carbocycles. The van der Waals surface area contributed by atoms with Crippen LogP contribution in [0.15, 0.2) is 22.9 Å². The minimum absolute atomic E-state index is 0.0276. The molecule has 0 aromatic heterocycles. The lowest BCUT2D eigenvalue weighted by Crippen LogP contribution is -2.61. The van der Waals surface area contributed by atoms with E-state index in [1.807, 2.05) is 6.92 Å². The number of rotatable bonds is 4. The Morgan fingerprint density at radius 1 is 1.41 bits per heavy atom. The van der Waals surface area contributed by atoms with Gasteiger partial charge < -0.3 is 24.1 Å². The number of carbonyl (C=O) groups excluding carboxylic acids is 1. The van der Waals surface area contributed by atoms with Crippen LogP contribution in [-0.4, -0.2) is 59.2 Å². The highest BCUT2D eigenvalue weighted by Gasteiger charge is 2.84. The van der Waals surface area contributed by atoms with Crippen molar-refractivity contribution < 1.29 is 28.8 Å². The molecule has 5 bridgehead atoms. The summed E-state index contributed by atoms with van der Waals surface area (Å²) in [6.45, 7) is 6.82. The maximum absolute atomic E-state index is 12.2. The average Bonchev–Trinajstić information content (AvgIpc) is 3.38. The number of hydrogen-bond acceptors (Lipinski definition) is 7. The van der Waals surface area contributed by atoms with Gasteiger partial charge in [0.2, 0.25) is 11.5 Å². The van der Waals surface area contributed by atoms with Gasteiger partial charge in [-0.2, -0.15) is 0 Å². The Morgan fingerprint density at radius 3 is 2.93 bits per heavy atom. The van der Waals surface area contributed by atoms with Gasteiger partial charge in [0.25, 0.3) is 0 Å². The van der Waals surface area contributed by atoms with Crippen molar-refractivity contribution in [1.29, 1.82) is 0 Å². The van der Waals surface area contributed by atoms with E-state index >= 15 is 0 Å². The fourth-order valence-electron chi connectivity index (χ4n) is 7.62. The molecule has 6 aliphatic heterocycles. The number of piperidine rings is 1. The summed E-state index contributed by atoms with van der Waals surface area (Å²) >= 11 is 0. The highest BCUT2D eigenvalue weighted by molar-refractivity contribution is 5.93. The number of allylic oxidation sites excluding steroid dienone is 1. The summed E-state index contributed by atoms with van der Waals surface area (Å²) in [7, 11) is 1.56. The van der Waals surface area contributed by atoms with Gasteiger partial charge in [0.05, 0.1) is 36.3 Å². The smallest absolute Gasteiger partial charge is 0.343 e. The average molecular weight is 403 g/mol. The Balaban J connectivity index is 1.44. The molecule has 158 valence electrons. The van der Waals surface area contributed by atoms with Crippen molar-refractivity contribution in [2.75, 3.05) is 13.7 Å². The molecular formula is C22H29NO6. The molecule has 1 N–H and O–H groups in total. The van der Waals surface area contributed by atoms with Gasteiger partial charge in [-0.15, -0.1) is 0 Å². The minimum Gasteiger partial charge on any atom is -0.492 e. The van der Waals surface area contributed by atoms with Crippen LogP contribution in [-0.2, 0) is 23.7 Å². The molecule has 6 rings (SSSR count). The molecule has 0 radical (unpaired) electrons. The normalized spacial score (nSPS) is 52.2. The topological polar surface area (TPSA) is 77.5 Å². The van der Waals surface area contributed by atoms with Crippen molar-refractivity contribution in [1.82, 2.24) is 4.90 Å². The number of methoxy groups -OCH3 is 1. The molecule has 0 amide bonds. The van der Waals surface area contributed by atoms with Crippen molar-refractivity contribution in [2.45, 2.75) is 76.0 Å². The van der Waals surface area contributed by atoms with Crippen molar-refractivity contribution >= 4 is 5.97 Å². The van der Waals surface area contributed by atoms with E-state index < -0.39 is 5.79 Å². The maximum Gasteiger partial charge on any atom is 0.343 e. The summed E-state index contributed by atoms with van der Waals surface area (Å²) < 4.78 is 24.5. The van der Waals surface area contributed by atoms with Gasteiger partial charge >= 0.3 is 5.97 Å². The summed E-state index contributed by atoms with van der Waals surface area (Å²) in [4.78, 5) is 14.9. The summed E-state index contributed by atoms with van der Waals surface area (Å²) in [5.41, 5.74) is 0.451. The quantitative estimate of drug-likeness (QED) is 0.720. The molecular weight excluding hydrogens is 374 g/mol. The molecule has 0 aliphatic carbocycles. The third-order valence-electron chi connectivity index (χ3n) is 8.56. The second-order valence-corrected chi connectivity index (χ2v) is 9.70. The number of fused-ring (bicyclic) bond motifs is 1. The number of nitrogens with zero attached hydrogens (tertiary/aromatic N) is 1. The lowest BCUT2D eigenvalue weighted by atomic mass is 9.69. The first-order valence-electron chi connectivity index (χ1n) is 10.9. The van der Waals surface area contributed by atoms with Gasteiger partial charge in [-0.3, -0.25) is 4.90 Å². The highest BCUT2D eigenvalue weighted by Crippen LogP contribution is 2.73. The molecule has 7 heteroatoms. The lowest BCUT2D eigenvalue weighted by molar-refractivity contribution is -0.256. The lowest BCUT2D eigenvalue weighted by Gasteiger charge is -2.48. The van der Waals surface area contributed by atoms with E-state index in [1.165, 1.54) is 0 Å². The van der Waals surface area contributed by atoms with Crippen LogP contribution in [0.1, 0.15) is 46.5 Å². The summed E-state index contributed by atoms with van der Waals surface area (Å²) in [6, 6.07) is 0.405. The zero-order chi connectivity index (χ0) is 20.3. The van der Waals surface area contributed by atoms with Crippen LogP contribution in [0.4, 0.5) is 0 Å². The molecule has 0 saturated carbocycles. The van der Waals surface area contributed by atoms with Crippen LogP contribution >= 0.6 is 0 Å². The SMILES string of the molecule is COC1=C(C)C(=O)O/C1=C1\O[C@@]23OC4CC(C2[C@H]1C)N1CCC3C41CC[C@H](C)O. The Morgan fingerprint density at radius 2 is 2.21 bits per heavy atom. The standard InChI is InChI=1S/C22H29NO6/c1-10(24)5-7-21-14-6-8-23(21)13-9-15(21)28-22(14)16(13)11(2)18(29-22)19-17(26-4)12(3)20(25)27-19/h10-11,13-16,24H,5-9H2,1-4H3/b19-18-/t10-,11+,13?,14?,15?,16?,21?,22+/m0/s1. The molecule has 9 atom stereocenters. The molecule has 5 fully saturated rings. The fraction of sp³-hybridized carbons (Fsp3) is 0.773. The maximum atomic E-state index is 12.2. The van der Waals surface area contributed by atoms with Gasteiger partial charge in [-0.1, -0.05) is 6.92 Å². The summed E-state index contributed by atoms with van der Waals surface area (Å²) in [6.07, 6.45) is 3.61. The monoisotopic (exact) mass is 403 g/mol. The Labute approximate surface area is 170 Å². The molecule has 6 unspecified atom stereocenters. The number of cyclic esters (lactones) is 1. The molecule has 5 saturated heterocycles. The predicted octanol–water partition coefficient (Wildman–Crippen LogP) is 2.06. The van der Waals surface area contributed by atoms with Gasteiger partial charge in [0, 0.05) is 17.9 Å². The van der Waals surface area contributed by atoms with Crippen LogP contribution in [0.3, 0.4) is 0 Å². The minimum atomic E-state index is -0.650. The molecule has 0 aromatic rings. The van der Waals surface area contributed by atoms with Crippen molar-refractivity contribution in [3.8, 4) is 0 Å². The zero-order valence-electron chi connectivity index (χ0n) is 17.4. The van der Waals surface area contributed by atoms with E-state index in [0.29, 0.717) is 28.9 Å². The fourth-order valence-corrected chi connectivity index (χ4v) is 7.62. The summed E-state index contributed by atoms with van der Waals surface area (Å²) in [5.74, 6) is 1.15. The molecule has 1 spiro atoms. The van der Waals surface area contributed by atoms with Gasteiger partial charge in [-0.05, 0) is 46.1 Å². The third-order valence-corrected chi connectivity index (χ3v) is 8.56. The highest BCUT2D eigenvalue weighted by atomic mass is 16.7. The van der Waals surface area contributed by atoms with Crippen LogP contribution < -0.4 is 0 Å². The summed E-state index contributed by atoms with van der Waals surface area (Å²) in [5, 5.41) is 9.95. The Bertz CT molecular complexity index is 863. The zero-order valence-corrected chi connectivity index (χ0v) is 17.4. The van der Waals surface area contributed by atoms with E-state index in [4.69, 9.17) is 18.9 Å². The largest absolute Gasteiger partial charge is 0.492 e. The Kier molecular flexibility index (Phi) is 3.49. The number of ether oxygens (including phenoxy) is 4. The van der Waals surface area contributed by atoms with E-state index in [2.05, 4.69) is 11.8 Å². The number of carbonyl (C=O) groups is 1. The van der Waals surface area contributed by atoms with Crippen molar-refractivity contribution in [3.05, 3.63) is 22.9 Å². The molecule has 6 heterocycles. The van der Waals surface area contributed by atoms with Gasteiger partial charge in [0.15, 0.2) is 5.76 Å². The van der Waals surface area contributed by atoms with Crippen LogP contribution in [0.5, 0.6) is 0 Å². The van der Waals surface area contributed by atoms with Gasteiger partial charge in [-0.25, -0.2) is 4.79 Å². The molecule has 6 aliphatic rings. The van der Waals surface area contributed by atoms with E-state index in [-0.39, 0.29) is 41.5 Å². The van der Waals surface area contributed by atoms with Crippen molar-refractivity contribution in [3.63, 3.8) is 0 Å². The second-order valence-electron chi connectivity index (χ2n) is 9.70. The first-order valence-corrected chi connectivity index (χ1v) is 10.9.